The summed E-state index contributed by atoms with van der Waals surface area (Å²) < 4.78 is 11.4. The maximum Gasteiger partial charge on any atom is 0.220 e. The monoisotopic (exact) mass is 740 g/mol. The fraction of sp³-hybridized carbons (Fsp3) is 0.932. The number of amides is 1. The minimum atomic E-state index is -1.07. The number of carbonyl (C=O) groups excluding carboxylic acids is 1. The number of hydrogen-bond donors (Lipinski definition) is 5. The third-order valence-corrected chi connectivity index (χ3v) is 10.7. The van der Waals surface area contributed by atoms with Crippen LogP contribution in [0.5, 0.6) is 0 Å². The molecular formula is C44H85NO7. The predicted octanol–water partition coefficient (Wildman–Crippen LogP) is 9.98. The molecule has 1 unspecified atom stereocenters. The molecule has 308 valence electrons. The molecule has 0 aromatic heterocycles. The lowest BCUT2D eigenvalue weighted by molar-refractivity contribution is -0.272. The number of aliphatic hydroxyl groups is 4. The molecule has 1 rings (SSSR count). The number of allylic oxidation sites excluding steroid dienone is 1. The summed E-state index contributed by atoms with van der Waals surface area (Å²) in [6, 6.07) is -0.706. The Morgan fingerprint density at radius 1 is 0.673 bits per heavy atom. The number of unbranched alkanes of at least 4 members (excludes halogenated alkanes) is 27. The molecule has 52 heavy (non-hydrogen) atoms. The summed E-state index contributed by atoms with van der Waals surface area (Å²) in [6.07, 6.45) is 36.2. The van der Waals surface area contributed by atoms with E-state index in [1.54, 1.807) is 6.08 Å². The Morgan fingerprint density at radius 3 is 1.54 bits per heavy atom. The number of carbonyl (C=O) groups is 1. The van der Waals surface area contributed by atoms with Gasteiger partial charge in [0.25, 0.3) is 0 Å². The first-order valence-electron chi connectivity index (χ1n) is 22.3. The summed E-state index contributed by atoms with van der Waals surface area (Å²) in [7, 11) is 0. The SMILES string of the molecule is CCCCCCCCCCCCC/C=C/[C@@H](O)[C@H](CO[C@@H]1O[C@H](CO)[C@@H](O)CC1O)NC(=O)CCCCCCCCCCCCCCCCCCC. The number of ether oxygens (including phenoxy) is 2. The zero-order valence-electron chi connectivity index (χ0n) is 34.0. The van der Waals surface area contributed by atoms with Crippen molar-refractivity contribution in [3.8, 4) is 0 Å². The van der Waals surface area contributed by atoms with Crippen molar-refractivity contribution >= 4 is 5.91 Å². The van der Waals surface area contributed by atoms with Crippen molar-refractivity contribution in [2.75, 3.05) is 13.2 Å². The van der Waals surface area contributed by atoms with Gasteiger partial charge >= 0.3 is 0 Å². The third kappa shape index (κ3) is 27.5. The Labute approximate surface area is 320 Å². The summed E-state index contributed by atoms with van der Waals surface area (Å²) in [6.45, 7) is 4.07. The van der Waals surface area contributed by atoms with Crippen LogP contribution in [-0.4, -0.2) is 76.3 Å². The first-order valence-corrected chi connectivity index (χ1v) is 22.3. The second kappa shape index (κ2) is 35.7. The molecule has 0 spiro atoms. The van der Waals surface area contributed by atoms with Gasteiger partial charge in [0.05, 0.1) is 31.5 Å². The fourth-order valence-electron chi connectivity index (χ4n) is 7.19. The largest absolute Gasteiger partial charge is 0.394 e. The van der Waals surface area contributed by atoms with Gasteiger partial charge in [-0.15, -0.1) is 0 Å². The highest BCUT2D eigenvalue weighted by molar-refractivity contribution is 5.76. The average Bonchev–Trinajstić information content (AvgIpc) is 3.13. The summed E-state index contributed by atoms with van der Waals surface area (Å²) in [5, 5.41) is 43.9. The molecule has 1 amide bonds. The van der Waals surface area contributed by atoms with Crippen molar-refractivity contribution in [3.05, 3.63) is 12.2 Å². The predicted molar refractivity (Wildman–Crippen MR) is 215 cm³/mol. The van der Waals surface area contributed by atoms with Gasteiger partial charge in [0.1, 0.15) is 12.2 Å². The van der Waals surface area contributed by atoms with E-state index in [1.165, 1.54) is 154 Å². The Kier molecular flexibility index (Phi) is 33.6. The zero-order valence-corrected chi connectivity index (χ0v) is 34.0. The first-order chi connectivity index (χ1) is 25.4. The van der Waals surface area contributed by atoms with E-state index in [4.69, 9.17) is 9.47 Å². The molecule has 1 fully saturated rings. The van der Waals surface area contributed by atoms with Crippen LogP contribution in [0.2, 0.25) is 0 Å². The Bertz CT molecular complexity index is 811. The normalized spacial score (nSPS) is 20.4. The third-order valence-electron chi connectivity index (χ3n) is 10.7. The van der Waals surface area contributed by atoms with Gasteiger partial charge in [-0.2, -0.15) is 0 Å². The number of aliphatic hydroxyl groups excluding tert-OH is 4. The van der Waals surface area contributed by atoms with Crippen LogP contribution in [0.25, 0.3) is 0 Å². The summed E-state index contributed by atoms with van der Waals surface area (Å²) in [5.74, 6) is -0.124. The second-order valence-electron chi connectivity index (χ2n) is 15.8. The fourth-order valence-corrected chi connectivity index (χ4v) is 7.19. The Morgan fingerprint density at radius 2 is 1.10 bits per heavy atom. The summed E-state index contributed by atoms with van der Waals surface area (Å²) in [4.78, 5) is 12.9. The van der Waals surface area contributed by atoms with Gasteiger partial charge in [0.15, 0.2) is 6.29 Å². The lowest BCUT2D eigenvalue weighted by atomic mass is 10.0. The van der Waals surface area contributed by atoms with Crippen LogP contribution in [0.4, 0.5) is 0 Å². The van der Waals surface area contributed by atoms with E-state index in [2.05, 4.69) is 19.2 Å². The van der Waals surface area contributed by atoms with E-state index in [0.29, 0.717) is 6.42 Å². The summed E-state index contributed by atoms with van der Waals surface area (Å²) in [5.41, 5.74) is 0. The molecular weight excluding hydrogens is 654 g/mol. The van der Waals surface area contributed by atoms with Gasteiger partial charge in [-0.1, -0.05) is 193 Å². The smallest absolute Gasteiger partial charge is 0.220 e. The highest BCUT2D eigenvalue weighted by Gasteiger charge is 2.37. The van der Waals surface area contributed by atoms with Crippen LogP contribution in [0, 0.1) is 0 Å². The molecule has 1 heterocycles. The van der Waals surface area contributed by atoms with Crippen LogP contribution < -0.4 is 5.32 Å². The van der Waals surface area contributed by atoms with Gasteiger partial charge < -0.3 is 35.2 Å². The van der Waals surface area contributed by atoms with Crippen molar-refractivity contribution in [1.29, 1.82) is 0 Å². The minimum Gasteiger partial charge on any atom is -0.394 e. The molecule has 0 aromatic rings. The minimum absolute atomic E-state index is 0.0215. The molecule has 1 aliphatic rings. The van der Waals surface area contributed by atoms with Gasteiger partial charge in [-0.3, -0.25) is 4.79 Å². The van der Waals surface area contributed by atoms with Crippen molar-refractivity contribution in [2.45, 2.75) is 250 Å². The molecule has 0 aromatic carbocycles. The Hall–Kier alpha value is -1.03. The molecule has 6 atom stereocenters. The van der Waals surface area contributed by atoms with Gasteiger partial charge in [-0.05, 0) is 19.3 Å². The van der Waals surface area contributed by atoms with E-state index in [-0.39, 0.29) is 18.9 Å². The van der Waals surface area contributed by atoms with E-state index in [1.807, 2.05) is 6.08 Å². The maximum atomic E-state index is 12.9. The van der Waals surface area contributed by atoms with E-state index in [9.17, 15) is 25.2 Å². The van der Waals surface area contributed by atoms with E-state index >= 15 is 0 Å². The molecule has 1 saturated heterocycles. The van der Waals surface area contributed by atoms with Crippen molar-refractivity contribution in [2.24, 2.45) is 0 Å². The van der Waals surface area contributed by atoms with Crippen LogP contribution in [0.1, 0.15) is 213 Å². The quantitative estimate of drug-likeness (QED) is 0.0317. The number of hydrogen-bond acceptors (Lipinski definition) is 7. The molecule has 0 aliphatic carbocycles. The summed E-state index contributed by atoms with van der Waals surface area (Å²) >= 11 is 0. The van der Waals surface area contributed by atoms with Gasteiger partial charge in [-0.25, -0.2) is 0 Å². The van der Waals surface area contributed by atoms with Crippen molar-refractivity contribution < 1.29 is 34.7 Å². The Balaban J connectivity index is 2.31. The molecule has 1 aliphatic heterocycles. The lowest BCUT2D eigenvalue weighted by Crippen LogP contribution is -2.52. The van der Waals surface area contributed by atoms with Crippen molar-refractivity contribution in [1.82, 2.24) is 5.32 Å². The first kappa shape index (κ1) is 49.0. The van der Waals surface area contributed by atoms with E-state index in [0.717, 1.165) is 32.1 Å². The number of nitrogens with one attached hydrogen (secondary N) is 1. The molecule has 8 nitrogen and oxygen atoms in total. The van der Waals surface area contributed by atoms with Crippen LogP contribution >= 0.6 is 0 Å². The van der Waals surface area contributed by atoms with Crippen LogP contribution in [0.15, 0.2) is 12.2 Å². The average molecular weight is 740 g/mol. The van der Waals surface area contributed by atoms with Gasteiger partial charge in [0.2, 0.25) is 5.91 Å². The molecule has 8 heteroatoms. The molecule has 5 N–H and O–H groups in total. The maximum absolute atomic E-state index is 12.9. The van der Waals surface area contributed by atoms with E-state index < -0.39 is 43.4 Å². The highest BCUT2D eigenvalue weighted by Crippen LogP contribution is 2.22. The molecule has 0 radical (unpaired) electrons. The van der Waals surface area contributed by atoms with Crippen LogP contribution in [-0.2, 0) is 14.3 Å². The topological polar surface area (TPSA) is 128 Å². The lowest BCUT2D eigenvalue weighted by Gasteiger charge is -2.37. The van der Waals surface area contributed by atoms with Crippen LogP contribution in [0.3, 0.4) is 0 Å². The highest BCUT2D eigenvalue weighted by atomic mass is 16.7. The molecule has 0 saturated carbocycles. The van der Waals surface area contributed by atoms with Crippen molar-refractivity contribution in [3.63, 3.8) is 0 Å². The standard InChI is InChI=1S/C44H85NO7/c1-3-5-7-9-11-13-15-17-18-19-20-22-24-26-28-30-32-34-43(50)45-38(37-51-44-41(49)35-40(48)42(36-46)52-44)39(47)33-31-29-27-25-23-21-16-14-12-10-8-6-4-2/h31,33,38-42,44,46-49H,3-30,32,34-37H2,1-2H3,(H,45,50)/b33-31+/t38-,39+,40-,41?,42+,44+/m0/s1. The zero-order chi connectivity index (χ0) is 37.9. The number of rotatable bonds is 37. The molecule has 0 bridgehead atoms. The second-order valence-corrected chi connectivity index (χ2v) is 15.8. The van der Waals surface area contributed by atoms with Gasteiger partial charge in [0, 0.05) is 12.8 Å².